The van der Waals surface area contributed by atoms with Crippen LogP contribution in [0.4, 0.5) is 0 Å². The molecule has 23 heteroatoms. The predicted octanol–water partition coefficient (Wildman–Crippen LogP) is -1.19. The molecule has 0 spiro atoms. The van der Waals surface area contributed by atoms with Crippen molar-refractivity contribution in [2.24, 2.45) is 17.8 Å². The summed E-state index contributed by atoms with van der Waals surface area (Å²) in [4.78, 5) is 51.9. The first-order chi connectivity index (χ1) is 36.0. The van der Waals surface area contributed by atoms with Crippen LogP contribution in [0.15, 0.2) is 36.4 Å². The van der Waals surface area contributed by atoms with E-state index in [4.69, 9.17) is 33.2 Å². The Morgan fingerprint density at radius 2 is 1.13 bits per heavy atom. The number of hydrogen-bond acceptors (Lipinski definition) is 19. The quantitative estimate of drug-likeness (QED) is 0.0384. The van der Waals surface area contributed by atoms with Crippen LogP contribution in [-0.4, -0.2) is 208 Å². The lowest BCUT2D eigenvalue weighted by Gasteiger charge is -2.49. The molecular weight excluding hydrogens is 985 g/mol. The van der Waals surface area contributed by atoms with Crippen molar-refractivity contribution < 1.29 is 93.2 Å². The van der Waals surface area contributed by atoms with Gasteiger partial charge in [-0.05, 0) is 68.1 Å². The third kappa shape index (κ3) is 15.0. The largest absolute Gasteiger partial charge is 0.494 e. The highest BCUT2D eigenvalue weighted by atomic mass is 16.7. The monoisotopic (exact) mass is 1070 g/mol. The molecule has 1 saturated carbocycles. The molecule has 5 fully saturated rings. The van der Waals surface area contributed by atoms with Crippen LogP contribution in [0.2, 0.25) is 0 Å². The molecule has 4 heterocycles. The first-order valence-corrected chi connectivity index (χ1v) is 26.6. The van der Waals surface area contributed by atoms with Gasteiger partial charge in [0.25, 0.3) is 5.91 Å². The minimum atomic E-state index is -1.78. The van der Waals surface area contributed by atoms with Crippen molar-refractivity contribution in [3.05, 3.63) is 42.0 Å². The number of unbranched alkanes of at least 4 members (excludes halogenated alkanes) is 5. The second-order valence-corrected chi connectivity index (χ2v) is 20.4. The van der Waals surface area contributed by atoms with Crippen molar-refractivity contribution in [2.45, 2.75) is 202 Å². The van der Waals surface area contributed by atoms with Gasteiger partial charge in [0.1, 0.15) is 66.7 Å². The van der Waals surface area contributed by atoms with Crippen molar-refractivity contribution in [1.82, 2.24) is 21.3 Å². The van der Waals surface area contributed by atoms with E-state index in [2.05, 4.69) is 40.3 Å². The molecule has 75 heavy (non-hydrogen) atoms. The number of fused-ring (bicyclic) bond motifs is 1. The third-order valence-electron chi connectivity index (χ3n) is 14.9. The van der Waals surface area contributed by atoms with Gasteiger partial charge < -0.3 is 95.3 Å². The van der Waals surface area contributed by atoms with Gasteiger partial charge in [0.2, 0.25) is 17.7 Å². The minimum Gasteiger partial charge on any atom is -0.494 e. The van der Waals surface area contributed by atoms with E-state index in [9.17, 15) is 60.0 Å². The lowest BCUT2D eigenvalue weighted by Crippen LogP contribution is -2.70. The van der Waals surface area contributed by atoms with Crippen molar-refractivity contribution >= 4 is 23.6 Å². The van der Waals surface area contributed by atoms with Crippen LogP contribution in [0.5, 0.6) is 5.75 Å². The van der Waals surface area contributed by atoms with Gasteiger partial charge in [-0.2, -0.15) is 0 Å². The van der Waals surface area contributed by atoms with Gasteiger partial charge >= 0.3 is 0 Å². The summed E-state index contributed by atoms with van der Waals surface area (Å²) >= 11 is 0. The van der Waals surface area contributed by atoms with Crippen LogP contribution in [0, 0.1) is 17.8 Å². The second-order valence-electron chi connectivity index (χ2n) is 20.4. The number of ether oxygens (including phenoxy) is 7. The normalized spacial score (nSPS) is 37.5. The highest BCUT2D eigenvalue weighted by molar-refractivity contribution is 5.94. The summed E-state index contributed by atoms with van der Waals surface area (Å²) in [5.74, 6) is -3.96. The van der Waals surface area contributed by atoms with Gasteiger partial charge in [-0.1, -0.05) is 57.7 Å². The summed E-state index contributed by atoms with van der Waals surface area (Å²) in [6.45, 7) is 5.35. The fraction of sp³-hybridized carbons (Fsp3) is 0.769. The fourth-order valence-corrected chi connectivity index (χ4v) is 11.3. The van der Waals surface area contributed by atoms with Crippen LogP contribution in [0.1, 0.15) is 103 Å². The number of aliphatic hydroxyl groups excluding tert-OH is 8. The second kappa shape index (κ2) is 28.6. The van der Waals surface area contributed by atoms with Crippen molar-refractivity contribution in [1.29, 1.82) is 0 Å². The van der Waals surface area contributed by atoms with Crippen molar-refractivity contribution in [3.8, 4) is 5.75 Å². The Morgan fingerprint density at radius 3 is 1.75 bits per heavy atom. The zero-order chi connectivity index (χ0) is 54.5. The number of aliphatic hydroxyl groups is 8. The standard InChI is InChI=1S/C52H82N4O19/c1-6-8-9-10-11-12-13-14-15-20-69-30-19-16-18-29(21-30)50(68)56-41-44(65)43(64)33(23-58)71-49(41)38-36-32(22-57)72-51(40(37(36)38)54-27(4)62)74-48-35(25-60)73-52(42(46(48)67)55-28(5)63)75-47-34(24-59)70-31(17-7-2)39(45(47)66)53-26(3)61/h12-13,16,18-19,21,31-49,51-52,57-60,64-67H,6-11,14-15,17,20,22-25H2,1-5H3,(H,53,61)(H,54,62)(H,55,63)(H,56,68). The Labute approximate surface area is 437 Å². The van der Waals surface area contributed by atoms with Gasteiger partial charge in [-0.3, -0.25) is 19.2 Å². The molecule has 1 aromatic rings. The highest BCUT2D eigenvalue weighted by Crippen LogP contribution is 2.59. The van der Waals surface area contributed by atoms with Crippen LogP contribution >= 0.6 is 0 Å². The Morgan fingerprint density at radius 1 is 0.560 bits per heavy atom. The first-order valence-electron chi connectivity index (χ1n) is 26.6. The molecule has 6 rings (SSSR count). The number of hydrogen-bond donors (Lipinski definition) is 12. The van der Waals surface area contributed by atoms with E-state index in [0.717, 1.165) is 32.6 Å². The zero-order valence-electron chi connectivity index (χ0n) is 43.6. The summed E-state index contributed by atoms with van der Waals surface area (Å²) in [7, 11) is 0. The fourth-order valence-electron chi connectivity index (χ4n) is 11.3. The molecule has 23 nitrogen and oxygen atoms in total. The minimum absolute atomic E-state index is 0.182. The Balaban J connectivity index is 1.20. The van der Waals surface area contributed by atoms with Crippen LogP contribution < -0.4 is 26.0 Å². The van der Waals surface area contributed by atoms with Gasteiger partial charge in [0, 0.05) is 26.3 Å². The van der Waals surface area contributed by atoms with E-state index in [1.165, 1.54) is 33.1 Å². The van der Waals surface area contributed by atoms with Gasteiger partial charge in [-0.15, -0.1) is 0 Å². The van der Waals surface area contributed by atoms with Gasteiger partial charge in [0.05, 0.1) is 69.5 Å². The number of benzene rings is 1. The number of carbonyl (C=O) groups is 4. The molecule has 21 atom stereocenters. The van der Waals surface area contributed by atoms with Gasteiger partial charge in [0.15, 0.2) is 12.6 Å². The number of nitrogens with one attached hydrogen (secondary N) is 4. The molecule has 4 saturated heterocycles. The summed E-state index contributed by atoms with van der Waals surface area (Å²) in [5, 5.41) is 99.6. The summed E-state index contributed by atoms with van der Waals surface area (Å²) in [5.41, 5.74) is 0.182. The zero-order valence-corrected chi connectivity index (χ0v) is 43.6. The number of carbonyl (C=O) groups excluding carboxylic acids is 4. The molecule has 0 bridgehead atoms. The average molecular weight is 1070 g/mol. The summed E-state index contributed by atoms with van der Waals surface area (Å²) < 4.78 is 43.5. The Hall–Kier alpha value is -3.92. The van der Waals surface area contributed by atoms with Gasteiger partial charge in [-0.25, -0.2) is 0 Å². The van der Waals surface area contributed by atoms with E-state index in [-0.39, 0.29) is 5.56 Å². The molecule has 4 aliphatic heterocycles. The Bertz CT molecular complexity index is 2020. The molecule has 1 aliphatic carbocycles. The SMILES string of the molecule is CCCCCCC=CCCCOc1cccc(C(=O)NC2C(O)C(O)C(CO)OC2C2C3C(CO)OC(OC4C(CO)OC(OC5C(CO)OC(CCC)C(NC(C)=O)C5O)C(NC(C)=O)C4O)C(NC(C)=O)C32)c1. The number of amides is 4. The van der Waals surface area contributed by atoms with Crippen LogP contribution in [0.3, 0.4) is 0 Å². The molecular formula is C52H82N4O19. The molecule has 0 radical (unpaired) electrons. The summed E-state index contributed by atoms with van der Waals surface area (Å²) in [6, 6.07) is 1.59. The number of rotatable bonds is 26. The summed E-state index contributed by atoms with van der Waals surface area (Å²) in [6.07, 6.45) is -6.74. The first kappa shape index (κ1) is 60.3. The smallest absolute Gasteiger partial charge is 0.251 e. The molecule has 21 unspecified atom stereocenters. The average Bonchev–Trinajstić information content (AvgIpc) is 4.14. The van der Waals surface area contributed by atoms with Crippen LogP contribution in [-0.2, 0) is 42.8 Å². The maximum Gasteiger partial charge on any atom is 0.251 e. The molecule has 1 aromatic carbocycles. The maximum atomic E-state index is 14.0. The van der Waals surface area contributed by atoms with Crippen molar-refractivity contribution in [3.63, 3.8) is 0 Å². The van der Waals surface area contributed by atoms with E-state index in [1.54, 1.807) is 24.3 Å². The van der Waals surface area contributed by atoms with E-state index < -0.39 is 178 Å². The predicted molar refractivity (Wildman–Crippen MR) is 265 cm³/mol. The topological polar surface area (TPSA) is 343 Å². The van der Waals surface area contributed by atoms with E-state index in [1.807, 2.05) is 6.92 Å². The van der Waals surface area contributed by atoms with E-state index >= 15 is 0 Å². The third-order valence-corrected chi connectivity index (χ3v) is 14.9. The molecule has 12 N–H and O–H groups in total. The molecule has 4 amide bonds. The Kier molecular flexibility index (Phi) is 23.0. The van der Waals surface area contributed by atoms with E-state index in [0.29, 0.717) is 25.2 Å². The van der Waals surface area contributed by atoms with Crippen LogP contribution in [0.25, 0.3) is 0 Å². The molecule has 5 aliphatic rings. The lowest BCUT2D eigenvalue weighted by molar-refractivity contribution is -0.338. The lowest BCUT2D eigenvalue weighted by atomic mass is 9.88. The molecule has 0 aromatic heterocycles. The number of allylic oxidation sites excluding steroid dienone is 2. The van der Waals surface area contributed by atoms with Crippen molar-refractivity contribution in [2.75, 3.05) is 33.0 Å². The highest BCUT2D eigenvalue weighted by Gasteiger charge is 2.69. The molecule has 424 valence electrons. The maximum absolute atomic E-state index is 14.0.